The molecule has 0 aliphatic carbocycles. The summed E-state index contributed by atoms with van der Waals surface area (Å²) in [4.78, 5) is 15.4. The lowest BCUT2D eigenvalue weighted by Gasteiger charge is -2.19. The lowest BCUT2D eigenvalue weighted by Crippen LogP contribution is -2.27. The van der Waals surface area contributed by atoms with Crippen LogP contribution in [-0.2, 0) is 11.3 Å². The van der Waals surface area contributed by atoms with Crippen LogP contribution in [0.25, 0.3) is 0 Å². The number of nitrogens with two attached hydrogens (primary N) is 1. The summed E-state index contributed by atoms with van der Waals surface area (Å²) in [5.41, 5.74) is 6.27. The zero-order valence-electron chi connectivity index (χ0n) is 9.78. The molecule has 1 rings (SSSR count). The summed E-state index contributed by atoms with van der Waals surface area (Å²) >= 11 is 0. The highest BCUT2D eigenvalue weighted by Crippen LogP contribution is 2.11. The van der Waals surface area contributed by atoms with Crippen molar-refractivity contribution >= 4 is 11.8 Å². The number of carbonyl (C=O) groups is 1. The second-order valence-electron chi connectivity index (χ2n) is 4.37. The third-order valence-corrected chi connectivity index (χ3v) is 1.68. The SMILES string of the molecule is CC(C)(C)OC(=O)Nc1ccc(CN)nc1. The molecule has 5 heteroatoms. The Hall–Kier alpha value is -1.62. The van der Waals surface area contributed by atoms with Gasteiger partial charge >= 0.3 is 6.09 Å². The van der Waals surface area contributed by atoms with E-state index in [-0.39, 0.29) is 0 Å². The first kappa shape index (κ1) is 12.4. The Bertz CT molecular complexity index is 354. The molecule has 0 saturated carbocycles. The van der Waals surface area contributed by atoms with Crippen molar-refractivity contribution in [3.63, 3.8) is 0 Å². The fraction of sp³-hybridized carbons (Fsp3) is 0.455. The van der Waals surface area contributed by atoms with E-state index in [9.17, 15) is 4.79 Å². The van der Waals surface area contributed by atoms with Gasteiger partial charge in [-0.05, 0) is 32.9 Å². The maximum absolute atomic E-state index is 11.4. The molecule has 16 heavy (non-hydrogen) atoms. The van der Waals surface area contributed by atoms with Crippen LogP contribution < -0.4 is 11.1 Å². The minimum atomic E-state index is -0.505. The summed E-state index contributed by atoms with van der Waals surface area (Å²) in [7, 11) is 0. The van der Waals surface area contributed by atoms with Crippen LogP contribution in [0, 0.1) is 0 Å². The molecule has 0 atom stereocenters. The fourth-order valence-corrected chi connectivity index (χ4v) is 1.04. The molecule has 0 saturated heterocycles. The first-order valence-corrected chi connectivity index (χ1v) is 5.06. The number of amides is 1. The number of anilines is 1. The van der Waals surface area contributed by atoms with Crippen LogP contribution in [0.4, 0.5) is 10.5 Å². The minimum Gasteiger partial charge on any atom is -0.444 e. The highest BCUT2D eigenvalue weighted by atomic mass is 16.6. The molecule has 0 aliphatic heterocycles. The zero-order valence-corrected chi connectivity index (χ0v) is 9.78. The van der Waals surface area contributed by atoms with Crippen LogP contribution in [0.1, 0.15) is 26.5 Å². The summed E-state index contributed by atoms with van der Waals surface area (Å²) in [5, 5.41) is 2.59. The molecule has 3 N–H and O–H groups in total. The summed E-state index contributed by atoms with van der Waals surface area (Å²) in [5.74, 6) is 0. The van der Waals surface area contributed by atoms with E-state index in [1.54, 1.807) is 18.3 Å². The predicted octanol–water partition coefficient (Wildman–Crippen LogP) is 1.89. The molecule has 1 amide bonds. The van der Waals surface area contributed by atoms with Gasteiger partial charge in [0, 0.05) is 6.54 Å². The second kappa shape index (κ2) is 4.94. The van der Waals surface area contributed by atoms with Gasteiger partial charge in [-0.3, -0.25) is 10.3 Å². The summed E-state index contributed by atoms with van der Waals surface area (Å²) in [6.07, 6.45) is 1.06. The van der Waals surface area contributed by atoms with Crippen molar-refractivity contribution in [1.29, 1.82) is 0 Å². The second-order valence-corrected chi connectivity index (χ2v) is 4.37. The van der Waals surface area contributed by atoms with Gasteiger partial charge in [-0.25, -0.2) is 4.79 Å². The van der Waals surface area contributed by atoms with Crippen molar-refractivity contribution in [3.8, 4) is 0 Å². The van der Waals surface area contributed by atoms with Crippen LogP contribution in [0.2, 0.25) is 0 Å². The number of hydrogen-bond acceptors (Lipinski definition) is 4. The van der Waals surface area contributed by atoms with Crippen molar-refractivity contribution in [2.45, 2.75) is 32.9 Å². The maximum Gasteiger partial charge on any atom is 0.412 e. The normalized spacial score (nSPS) is 11.0. The molecule has 0 unspecified atom stereocenters. The maximum atomic E-state index is 11.4. The number of rotatable bonds is 2. The Kier molecular flexibility index (Phi) is 3.84. The Labute approximate surface area is 95.0 Å². The Morgan fingerprint density at radius 2 is 2.19 bits per heavy atom. The molecule has 0 fully saturated rings. The number of nitrogens with one attached hydrogen (secondary N) is 1. The molecule has 1 heterocycles. The summed E-state index contributed by atoms with van der Waals surface area (Å²) < 4.78 is 5.10. The average Bonchev–Trinajstić information content (AvgIpc) is 2.16. The molecule has 0 aromatic carbocycles. The van der Waals surface area contributed by atoms with Gasteiger partial charge in [-0.1, -0.05) is 0 Å². The smallest absolute Gasteiger partial charge is 0.412 e. The van der Waals surface area contributed by atoms with E-state index in [1.165, 1.54) is 0 Å². The number of pyridine rings is 1. The van der Waals surface area contributed by atoms with E-state index in [4.69, 9.17) is 10.5 Å². The van der Waals surface area contributed by atoms with Gasteiger partial charge in [0.25, 0.3) is 0 Å². The molecule has 5 nitrogen and oxygen atoms in total. The largest absolute Gasteiger partial charge is 0.444 e. The van der Waals surface area contributed by atoms with E-state index in [0.717, 1.165) is 5.69 Å². The molecule has 1 aromatic heterocycles. The van der Waals surface area contributed by atoms with E-state index < -0.39 is 11.7 Å². The average molecular weight is 223 g/mol. The van der Waals surface area contributed by atoms with E-state index in [2.05, 4.69) is 10.3 Å². The van der Waals surface area contributed by atoms with Crippen LogP contribution in [0.15, 0.2) is 18.3 Å². The fourth-order valence-electron chi connectivity index (χ4n) is 1.04. The Morgan fingerprint density at radius 1 is 1.50 bits per heavy atom. The van der Waals surface area contributed by atoms with Crippen LogP contribution in [-0.4, -0.2) is 16.7 Å². The van der Waals surface area contributed by atoms with Gasteiger partial charge in [-0.2, -0.15) is 0 Å². The molecule has 0 radical (unpaired) electrons. The molecule has 0 aliphatic rings. The van der Waals surface area contributed by atoms with Gasteiger partial charge in [0.1, 0.15) is 5.60 Å². The third-order valence-electron chi connectivity index (χ3n) is 1.68. The van der Waals surface area contributed by atoms with Crippen LogP contribution in [0.5, 0.6) is 0 Å². The van der Waals surface area contributed by atoms with Gasteiger partial charge < -0.3 is 10.5 Å². The summed E-state index contributed by atoms with van der Waals surface area (Å²) in [6, 6.07) is 3.49. The molecular formula is C11H17N3O2. The topological polar surface area (TPSA) is 77.2 Å². The van der Waals surface area contributed by atoms with Crippen molar-refractivity contribution < 1.29 is 9.53 Å². The van der Waals surface area contributed by atoms with E-state index >= 15 is 0 Å². The monoisotopic (exact) mass is 223 g/mol. The number of nitrogens with zero attached hydrogens (tertiary/aromatic N) is 1. The van der Waals surface area contributed by atoms with Crippen molar-refractivity contribution in [2.75, 3.05) is 5.32 Å². The number of ether oxygens (including phenoxy) is 1. The predicted molar refractivity (Wildman–Crippen MR) is 62.0 cm³/mol. The van der Waals surface area contributed by atoms with Crippen LogP contribution >= 0.6 is 0 Å². The van der Waals surface area contributed by atoms with Gasteiger partial charge in [0.15, 0.2) is 0 Å². The quantitative estimate of drug-likeness (QED) is 0.802. The zero-order chi connectivity index (χ0) is 12.2. The van der Waals surface area contributed by atoms with E-state index in [1.807, 2.05) is 20.8 Å². The standard InChI is InChI=1S/C11H17N3O2/c1-11(2,3)16-10(15)14-9-5-4-8(6-12)13-7-9/h4-5,7H,6,12H2,1-3H3,(H,14,15). The van der Waals surface area contributed by atoms with Gasteiger partial charge in [-0.15, -0.1) is 0 Å². The summed E-state index contributed by atoms with van der Waals surface area (Å²) in [6.45, 7) is 5.81. The highest BCUT2D eigenvalue weighted by molar-refractivity contribution is 5.84. The molecule has 0 bridgehead atoms. The third kappa shape index (κ3) is 4.27. The molecule has 1 aromatic rings. The minimum absolute atomic E-state index is 0.382. The number of aromatic nitrogens is 1. The Balaban J connectivity index is 2.56. The molecule has 88 valence electrons. The number of carbonyl (C=O) groups excluding carboxylic acids is 1. The highest BCUT2D eigenvalue weighted by Gasteiger charge is 2.16. The van der Waals surface area contributed by atoms with Gasteiger partial charge in [0.05, 0.1) is 17.6 Å². The first-order valence-electron chi connectivity index (χ1n) is 5.06. The molecular weight excluding hydrogens is 206 g/mol. The lowest BCUT2D eigenvalue weighted by molar-refractivity contribution is 0.0636. The first-order chi connectivity index (χ1) is 7.40. The van der Waals surface area contributed by atoms with Crippen LogP contribution in [0.3, 0.4) is 0 Å². The Morgan fingerprint density at radius 3 is 2.62 bits per heavy atom. The van der Waals surface area contributed by atoms with Gasteiger partial charge in [0.2, 0.25) is 0 Å². The van der Waals surface area contributed by atoms with Crippen molar-refractivity contribution in [3.05, 3.63) is 24.0 Å². The van der Waals surface area contributed by atoms with Crippen molar-refractivity contribution in [1.82, 2.24) is 4.98 Å². The lowest BCUT2D eigenvalue weighted by atomic mass is 10.2. The van der Waals surface area contributed by atoms with E-state index in [0.29, 0.717) is 12.2 Å². The molecule has 0 spiro atoms. The number of hydrogen-bond donors (Lipinski definition) is 2. The van der Waals surface area contributed by atoms with Crippen molar-refractivity contribution in [2.24, 2.45) is 5.73 Å².